The van der Waals surface area contributed by atoms with Gasteiger partial charge in [-0.2, -0.15) is 0 Å². The van der Waals surface area contributed by atoms with Gasteiger partial charge in [0.2, 0.25) is 5.88 Å². The lowest BCUT2D eigenvalue weighted by atomic mass is 10.3. The highest BCUT2D eigenvalue weighted by molar-refractivity contribution is 9.10. The van der Waals surface area contributed by atoms with Gasteiger partial charge in [-0.25, -0.2) is 9.98 Å². The van der Waals surface area contributed by atoms with Crippen LogP contribution in [0.5, 0.6) is 5.88 Å². The highest BCUT2D eigenvalue weighted by Gasteiger charge is 2.12. The molecule has 1 rings (SSSR count). The lowest BCUT2D eigenvalue weighted by Crippen LogP contribution is -2.23. The summed E-state index contributed by atoms with van der Waals surface area (Å²) in [6, 6.07) is 1.95. The van der Waals surface area contributed by atoms with Crippen LogP contribution in [0, 0.1) is 6.92 Å². The molecule has 6 heteroatoms. The van der Waals surface area contributed by atoms with E-state index in [9.17, 15) is 0 Å². The number of hydrogen-bond acceptors (Lipinski definition) is 4. The molecule has 0 spiro atoms. The third-order valence-electron chi connectivity index (χ3n) is 3.43. The molecule has 0 bridgehead atoms. The van der Waals surface area contributed by atoms with E-state index >= 15 is 0 Å². The quantitative estimate of drug-likeness (QED) is 0.379. The lowest BCUT2D eigenvalue weighted by molar-refractivity contribution is 0.0563. The van der Waals surface area contributed by atoms with Crippen molar-refractivity contribution >= 4 is 27.5 Å². The summed E-state index contributed by atoms with van der Waals surface area (Å²) in [6.45, 7) is 12.3. The van der Waals surface area contributed by atoms with Gasteiger partial charge >= 0.3 is 0 Å². The van der Waals surface area contributed by atoms with Crippen LogP contribution in [0.4, 0.5) is 5.69 Å². The molecule has 1 atom stereocenters. The van der Waals surface area contributed by atoms with Gasteiger partial charge in [0.15, 0.2) is 0 Å². The van der Waals surface area contributed by atoms with Crippen molar-refractivity contribution in [2.45, 2.75) is 47.1 Å². The number of aryl methyl sites for hydroxylation is 1. The highest BCUT2D eigenvalue weighted by Crippen LogP contribution is 2.30. The van der Waals surface area contributed by atoms with Gasteiger partial charge < -0.3 is 14.4 Å². The Morgan fingerprint density at radius 2 is 2.13 bits per heavy atom. The van der Waals surface area contributed by atoms with Crippen LogP contribution in [0.1, 0.15) is 39.8 Å². The van der Waals surface area contributed by atoms with E-state index in [1.807, 2.05) is 33.9 Å². The zero-order chi connectivity index (χ0) is 17.4. The third kappa shape index (κ3) is 6.47. The van der Waals surface area contributed by atoms with Crippen molar-refractivity contribution in [3.05, 3.63) is 16.2 Å². The predicted octanol–water partition coefficient (Wildman–Crippen LogP) is 4.35. The van der Waals surface area contributed by atoms with Gasteiger partial charge in [0.1, 0.15) is 11.9 Å². The second-order valence-corrected chi connectivity index (χ2v) is 6.41. The van der Waals surface area contributed by atoms with Gasteiger partial charge in [0.25, 0.3) is 0 Å². The SMILES string of the molecule is CCCOC[C@H](C)Oc1nc(C)c(N=C(C)N(C)CC)cc1Br. The number of aliphatic imine (C=N–C) groups is 1. The van der Waals surface area contributed by atoms with Crippen LogP contribution < -0.4 is 4.74 Å². The summed E-state index contributed by atoms with van der Waals surface area (Å²) in [7, 11) is 2.02. The molecule has 0 unspecified atom stereocenters. The van der Waals surface area contributed by atoms with E-state index in [2.05, 4.69) is 44.7 Å². The summed E-state index contributed by atoms with van der Waals surface area (Å²) in [5, 5.41) is 0. The Balaban J connectivity index is 2.85. The fourth-order valence-corrected chi connectivity index (χ4v) is 2.25. The highest BCUT2D eigenvalue weighted by atomic mass is 79.9. The summed E-state index contributed by atoms with van der Waals surface area (Å²) in [5.41, 5.74) is 1.69. The summed E-state index contributed by atoms with van der Waals surface area (Å²) in [4.78, 5) is 11.3. The summed E-state index contributed by atoms with van der Waals surface area (Å²) < 4.78 is 12.2. The van der Waals surface area contributed by atoms with Crippen LogP contribution in [-0.4, -0.2) is 48.6 Å². The van der Waals surface area contributed by atoms with Crippen molar-refractivity contribution in [3.63, 3.8) is 0 Å². The van der Waals surface area contributed by atoms with E-state index in [1.165, 1.54) is 0 Å². The Hall–Kier alpha value is -1.14. The second kappa shape index (κ2) is 9.88. The van der Waals surface area contributed by atoms with Crippen molar-refractivity contribution in [1.82, 2.24) is 9.88 Å². The molecule has 0 amide bonds. The Kier molecular flexibility index (Phi) is 8.55. The molecule has 0 aliphatic heterocycles. The monoisotopic (exact) mass is 385 g/mol. The molecule has 23 heavy (non-hydrogen) atoms. The molecule has 1 aromatic heterocycles. The van der Waals surface area contributed by atoms with Crippen LogP contribution in [0.25, 0.3) is 0 Å². The molecule has 0 saturated heterocycles. The maximum Gasteiger partial charge on any atom is 0.228 e. The number of rotatable bonds is 8. The van der Waals surface area contributed by atoms with Gasteiger partial charge in [0.05, 0.1) is 22.5 Å². The van der Waals surface area contributed by atoms with Gasteiger partial charge in [-0.1, -0.05) is 6.92 Å². The standard InChI is InChI=1S/C17H28BrN3O2/c1-7-9-22-11-12(3)23-17-15(18)10-16(13(4)19-17)20-14(5)21(6)8-2/h10,12H,7-9,11H2,1-6H3/t12-/m0/s1. The number of halogens is 1. The fourth-order valence-electron chi connectivity index (χ4n) is 1.85. The molecule has 0 aliphatic rings. The van der Waals surface area contributed by atoms with Gasteiger partial charge in [-0.15, -0.1) is 0 Å². The number of ether oxygens (including phenoxy) is 2. The Bertz CT molecular complexity index is 535. The van der Waals surface area contributed by atoms with Crippen LogP contribution in [0.3, 0.4) is 0 Å². The Labute approximate surface area is 148 Å². The van der Waals surface area contributed by atoms with E-state index in [1.54, 1.807) is 0 Å². The molecule has 0 fully saturated rings. The van der Waals surface area contributed by atoms with Crippen molar-refractivity contribution in [3.8, 4) is 5.88 Å². The first-order valence-electron chi connectivity index (χ1n) is 8.06. The van der Waals surface area contributed by atoms with E-state index in [-0.39, 0.29) is 6.10 Å². The van der Waals surface area contributed by atoms with Crippen molar-refractivity contribution in [1.29, 1.82) is 0 Å². The predicted molar refractivity (Wildman–Crippen MR) is 98.9 cm³/mol. The Morgan fingerprint density at radius 3 is 2.74 bits per heavy atom. The van der Waals surface area contributed by atoms with Crippen LogP contribution in [0.2, 0.25) is 0 Å². The zero-order valence-corrected chi connectivity index (χ0v) is 16.6. The molecular weight excluding hydrogens is 358 g/mol. The third-order valence-corrected chi connectivity index (χ3v) is 4.00. The molecule has 0 aliphatic carbocycles. The lowest BCUT2D eigenvalue weighted by Gasteiger charge is -2.18. The Morgan fingerprint density at radius 1 is 1.43 bits per heavy atom. The number of pyridine rings is 1. The minimum Gasteiger partial charge on any atom is -0.471 e. The number of nitrogens with zero attached hydrogens (tertiary/aromatic N) is 3. The fraction of sp³-hybridized carbons (Fsp3) is 0.647. The minimum atomic E-state index is -0.0490. The maximum atomic E-state index is 5.86. The molecule has 0 radical (unpaired) electrons. The maximum absolute atomic E-state index is 5.86. The number of hydrogen-bond donors (Lipinski definition) is 0. The largest absolute Gasteiger partial charge is 0.471 e. The topological polar surface area (TPSA) is 47.0 Å². The summed E-state index contributed by atoms with van der Waals surface area (Å²) in [6.07, 6.45) is 0.957. The van der Waals surface area contributed by atoms with Crippen molar-refractivity contribution in [2.24, 2.45) is 4.99 Å². The number of aromatic nitrogens is 1. The smallest absolute Gasteiger partial charge is 0.228 e. The van der Waals surface area contributed by atoms with Crippen LogP contribution in [0.15, 0.2) is 15.5 Å². The molecule has 0 saturated carbocycles. The first-order chi connectivity index (χ1) is 10.9. The van der Waals surface area contributed by atoms with Gasteiger partial charge in [-0.05, 0) is 56.1 Å². The van der Waals surface area contributed by atoms with E-state index in [0.717, 1.165) is 41.3 Å². The molecule has 130 valence electrons. The van der Waals surface area contributed by atoms with Crippen molar-refractivity contribution < 1.29 is 9.47 Å². The molecule has 1 heterocycles. The molecular formula is C17H28BrN3O2. The zero-order valence-electron chi connectivity index (χ0n) is 15.0. The first kappa shape index (κ1) is 19.9. The first-order valence-corrected chi connectivity index (χ1v) is 8.86. The van der Waals surface area contributed by atoms with Crippen LogP contribution >= 0.6 is 15.9 Å². The van der Waals surface area contributed by atoms with Crippen LogP contribution in [-0.2, 0) is 4.74 Å². The van der Waals surface area contributed by atoms with Crippen molar-refractivity contribution in [2.75, 3.05) is 26.8 Å². The average molecular weight is 386 g/mol. The second-order valence-electron chi connectivity index (χ2n) is 5.56. The molecule has 5 nitrogen and oxygen atoms in total. The normalized spacial score (nSPS) is 13.1. The minimum absolute atomic E-state index is 0.0490. The van der Waals surface area contributed by atoms with Gasteiger partial charge in [0, 0.05) is 20.2 Å². The van der Waals surface area contributed by atoms with E-state index < -0.39 is 0 Å². The van der Waals surface area contributed by atoms with E-state index in [0.29, 0.717) is 12.5 Å². The average Bonchev–Trinajstić information content (AvgIpc) is 2.51. The molecule has 0 aromatic carbocycles. The summed E-state index contributed by atoms with van der Waals surface area (Å²) in [5.74, 6) is 1.54. The van der Waals surface area contributed by atoms with E-state index in [4.69, 9.17) is 9.47 Å². The van der Waals surface area contributed by atoms with Gasteiger partial charge in [-0.3, -0.25) is 0 Å². The molecule has 0 N–H and O–H groups in total. The summed E-state index contributed by atoms with van der Waals surface area (Å²) >= 11 is 3.52. The molecule has 1 aromatic rings. The number of amidine groups is 1.